The summed E-state index contributed by atoms with van der Waals surface area (Å²) in [4.78, 5) is 17.2. The summed E-state index contributed by atoms with van der Waals surface area (Å²) in [6.45, 7) is 4.40. The number of nitrogens with one attached hydrogen (secondary N) is 1. The summed E-state index contributed by atoms with van der Waals surface area (Å²) < 4.78 is 13.1. The van der Waals surface area contributed by atoms with E-state index >= 15 is 0 Å². The Morgan fingerprint density at radius 1 is 0.966 bits per heavy atom. The number of rotatable bonds is 4. The van der Waals surface area contributed by atoms with Crippen molar-refractivity contribution in [1.82, 2.24) is 15.1 Å². The van der Waals surface area contributed by atoms with Crippen LogP contribution in [0.1, 0.15) is 42.7 Å². The third-order valence-corrected chi connectivity index (χ3v) is 6.21. The molecule has 4 rings (SSSR count). The number of piperidine rings is 2. The van der Waals surface area contributed by atoms with Gasteiger partial charge in [-0.2, -0.15) is 0 Å². The average Bonchev–Trinajstić information content (AvgIpc) is 2.77. The third-order valence-electron chi connectivity index (χ3n) is 6.21. The van der Waals surface area contributed by atoms with Gasteiger partial charge in [-0.25, -0.2) is 9.18 Å². The quantitative estimate of drug-likeness (QED) is 0.834. The molecule has 2 fully saturated rings. The van der Waals surface area contributed by atoms with Crippen molar-refractivity contribution in [3.05, 3.63) is 71.5 Å². The molecule has 0 aromatic heterocycles. The van der Waals surface area contributed by atoms with Gasteiger partial charge in [0.15, 0.2) is 0 Å². The van der Waals surface area contributed by atoms with E-state index in [-0.39, 0.29) is 17.9 Å². The van der Waals surface area contributed by atoms with Gasteiger partial charge in [0.1, 0.15) is 5.82 Å². The van der Waals surface area contributed by atoms with E-state index in [1.54, 1.807) is 0 Å². The highest BCUT2D eigenvalue weighted by molar-refractivity contribution is 5.74. The summed E-state index contributed by atoms with van der Waals surface area (Å²) in [6.07, 6.45) is 4.13. The van der Waals surface area contributed by atoms with E-state index in [0.29, 0.717) is 5.92 Å². The number of benzene rings is 2. The van der Waals surface area contributed by atoms with Crippen molar-refractivity contribution >= 4 is 6.03 Å². The zero-order valence-electron chi connectivity index (χ0n) is 16.9. The predicted molar refractivity (Wildman–Crippen MR) is 113 cm³/mol. The van der Waals surface area contributed by atoms with Gasteiger partial charge in [0.25, 0.3) is 0 Å². The van der Waals surface area contributed by atoms with Crippen LogP contribution >= 0.6 is 0 Å². The Hall–Kier alpha value is -2.40. The van der Waals surface area contributed by atoms with Crippen molar-refractivity contribution in [2.24, 2.45) is 0 Å². The third kappa shape index (κ3) is 5.36. The average molecular weight is 396 g/mol. The number of likely N-dealkylation sites (tertiary alicyclic amines) is 2. The molecule has 29 heavy (non-hydrogen) atoms. The molecular weight excluding hydrogens is 365 g/mol. The first-order chi connectivity index (χ1) is 14.2. The van der Waals surface area contributed by atoms with Crippen LogP contribution in [0.2, 0.25) is 0 Å². The van der Waals surface area contributed by atoms with Gasteiger partial charge in [-0.3, -0.25) is 4.90 Å². The lowest BCUT2D eigenvalue weighted by atomic mass is 9.91. The lowest BCUT2D eigenvalue weighted by Crippen LogP contribution is -2.51. The van der Waals surface area contributed by atoms with Gasteiger partial charge in [-0.15, -0.1) is 0 Å². The lowest BCUT2D eigenvalue weighted by molar-refractivity contribution is 0.158. The van der Waals surface area contributed by atoms with Crippen molar-refractivity contribution in [2.45, 2.75) is 44.2 Å². The molecule has 2 aliphatic rings. The normalized spacial score (nSPS) is 21.1. The Balaban J connectivity index is 1.23. The van der Waals surface area contributed by atoms with Crippen LogP contribution in [-0.4, -0.2) is 48.1 Å². The number of urea groups is 1. The van der Waals surface area contributed by atoms with Gasteiger partial charge in [0, 0.05) is 44.7 Å². The fourth-order valence-electron chi connectivity index (χ4n) is 4.51. The molecule has 5 heteroatoms. The minimum absolute atomic E-state index is 0.0858. The molecule has 0 aliphatic carbocycles. The molecule has 2 amide bonds. The first kappa shape index (κ1) is 19.9. The van der Waals surface area contributed by atoms with Crippen LogP contribution in [0.3, 0.4) is 0 Å². The SMILES string of the molecule is O=C(NC1CCN(Cc2ccc(F)cc2)CC1)N1CCCC(c2ccccc2)C1. The highest BCUT2D eigenvalue weighted by Gasteiger charge is 2.27. The highest BCUT2D eigenvalue weighted by Crippen LogP contribution is 2.27. The molecule has 1 N–H and O–H groups in total. The number of halogens is 1. The van der Waals surface area contributed by atoms with Crippen LogP contribution in [0, 0.1) is 5.82 Å². The molecule has 0 radical (unpaired) electrons. The first-order valence-corrected chi connectivity index (χ1v) is 10.7. The Labute approximate surface area is 172 Å². The lowest BCUT2D eigenvalue weighted by Gasteiger charge is -2.36. The Kier molecular flexibility index (Phi) is 6.45. The Morgan fingerprint density at radius 3 is 2.41 bits per heavy atom. The molecule has 2 heterocycles. The zero-order valence-corrected chi connectivity index (χ0v) is 16.9. The van der Waals surface area contributed by atoms with E-state index in [1.807, 2.05) is 23.1 Å². The van der Waals surface area contributed by atoms with Crippen LogP contribution < -0.4 is 5.32 Å². The van der Waals surface area contributed by atoms with Crippen LogP contribution in [0.15, 0.2) is 54.6 Å². The molecule has 1 unspecified atom stereocenters. The maximum Gasteiger partial charge on any atom is 0.317 e. The predicted octanol–water partition coefficient (Wildman–Crippen LogP) is 4.38. The summed E-state index contributed by atoms with van der Waals surface area (Å²) in [7, 11) is 0. The standard InChI is InChI=1S/C24H30FN3O/c25-22-10-8-19(9-11-22)17-27-15-12-23(13-16-27)26-24(29)28-14-4-7-21(18-28)20-5-2-1-3-6-20/h1-3,5-6,8-11,21,23H,4,7,12-18H2,(H,26,29). The van der Waals surface area contributed by atoms with Crippen molar-refractivity contribution < 1.29 is 9.18 Å². The van der Waals surface area contributed by atoms with Gasteiger partial charge < -0.3 is 10.2 Å². The number of carbonyl (C=O) groups is 1. The highest BCUT2D eigenvalue weighted by atomic mass is 19.1. The maximum atomic E-state index is 13.1. The molecule has 1 atom stereocenters. The minimum atomic E-state index is -0.192. The summed E-state index contributed by atoms with van der Waals surface area (Å²) in [6, 6.07) is 17.6. The van der Waals surface area contributed by atoms with Gasteiger partial charge in [0.2, 0.25) is 0 Å². The van der Waals surface area contributed by atoms with E-state index < -0.39 is 0 Å². The van der Waals surface area contributed by atoms with Gasteiger partial charge in [-0.05, 0) is 48.9 Å². The summed E-state index contributed by atoms with van der Waals surface area (Å²) >= 11 is 0. The number of hydrogen-bond acceptors (Lipinski definition) is 2. The number of nitrogens with zero attached hydrogens (tertiary/aromatic N) is 2. The number of hydrogen-bond donors (Lipinski definition) is 1. The monoisotopic (exact) mass is 395 g/mol. The smallest absolute Gasteiger partial charge is 0.317 e. The summed E-state index contributed by atoms with van der Waals surface area (Å²) in [5.74, 6) is 0.246. The van der Waals surface area contributed by atoms with E-state index in [9.17, 15) is 9.18 Å². The molecular formula is C24H30FN3O. The molecule has 0 saturated carbocycles. The second-order valence-electron chi connectivity index (χ2n) is 8.32. The molecule has 2 aliphatic heterocycles. The molecule has 154 valence electrons. The van der Waals surface area contributed by atoms with E-state index in [1.165, 1.54) is 17.7 Å². The fraction of sp³-hybridized carbons (Fsp3) is 0.458. The fourth-order valence-corrected chi connectivity index (χ4v) is 4.51. The molecule has 2 aromatic carbocycles. The van der Waals surface area contributed by atoms with Gasteiger partial charge >= 0.3 is 6.03 Å². The number of carbonyl (C=O) groups excluding carboxylic acids is 1. The summed E-state index contributed by atoms with van der Waals surface area (Å²) in [5.41, 5.74) is 2.47. The van der Waals surface area contributed by atoms with Crippen molar-refractivity contribution in [3.63, 3.8) is 0 Å². The summed E-state index contributed by atoms with van der Waals surface area (Å²) in [5, 5.41) is 3.26. The maximum absolute atomic E-state index is 13.1. The second-order valence-corrected chi connectivity index (χ2v) is 8.32. The van der Waals surface area contributed by atoms with Gasteiger partial charge in [-0.1, -0.05) is 42.5 Å². The van der Waals surface area contributed by atoms with Crippen molar-refractivity contribution in [3.8, 4) is 0 Å². The van der Waals surface area contributed by atoms with E-state index in [0.717, 1.165) is 64.0 Å². The first-order valence-electron chi connectivity index (χ1n) is 10.7. The van der Waals surface area contributed by atoms with Crippen LogP contribution in [-0.2, 0) is 6.54 Å². The number of amides is 2. The van der Waals surface area contributed by atoms with Gasteiger partial charge in [0.05, 0.1) is 0 Å². The second kappa shape index (κ2) is 9.40. The molecule has 2 aromatic rings. The Morgan fingerprint density at radius 2 is 1.69 bits per heavy atom. The largest absolute Gasteiger partial charge is 0.335 e. The van der Waals surface area contributed by atoms with E-state index in [4.69, 9.17) is 0 Å². The molecule has 4 nitrogen and oxygen atoms in total. The van der Waals surface area contributed by atoms with Crippen LogP contribution in [0.25, 0.3) is 0 Å². The van der Waals surface area contributed by atoms with Crippen LogP contribution in [0.4, 0.5) is 9.18 Å². The minimum Gasteiger partial charge on any atom is -0.335 e. The molecule has 0 bridgehead atoms. The van der Waals surface area contributed by atoms with E-state index in [2.05, 4.69) is 34.5 Å². The van der Waals surface area contributed by atoms with Crippen molar-refractivity contribution in [2.75, 3.05) is 26.2 Å². The molecule has 0 spiro atoms. The van der Waals surface area contributed by atoms with Crippen LogP contribution in [0.5, 0.6) is 0 Å². The van der Waals surface area contributed by atoms with Crippen molar-refractivity contribution in [1.29, 1.82) is 0 Å². The zero-order chi connectivity index (χ0) is 20.1. The topological polar surface area (TPSA) is 35.6 Å². The Bertz CT molecular complexity index is 788. The molecule has 2 saturated heterocycles.